The highest BCUT2D eigenvalue weighted by atomic mass is 16.6. The molecular formula is C21H40O7. The summed E-state index contributed by atoms with van der Waals surface area (Å²) in [5, 5.41) is 10.0. The molecule has 166 valence electrons. The molecule has 28 heavy (non-hydrogen) atoms. The molecule has 0 aliphatic carbocycles. The van der Waals surface area contributed by atoms with E-state index < -0.39 is 33.8 Å². The van der Waals surface area contributed by atoms with Crippen LogP contribution in [0.25, 0.3) is 0 Å². The number of ketones is 1. The van der Waals surface area contributed by atoms with Gasteiger partial charge in [-0.2, -0.15) is 0 Å². The molecule has 0 saturated heterocycles. The standard InChI is InChI=1S/C11H22O3.C10H18O4/c1-8(12)14-11(6,7)9(2,3)10(4,5)13;1-7(11)9(2,3)14-8(12)10(4,5)13-6/h13H,1-7H3;1-6H3. The highest BCUT2D eigenvalue weighted by Gasteiger charge is 2.49. The van der Waals surface area contributed by atoms with E-state index in [1.807, 2.05) is 27.7 Å². The van der Waals surface area contributed by atoms with Crippen molar-refractivity contribution in [2.24, 2.45) is 5.41 Å². The number of hydrogen-bond donors (Lipinski definition) is 1. The average Bonchev–Trinajstić information content (AvgIpc) is 2.44. The number of Topliss-reactive ketones (excluding diaryl/α,β-unsaturated/α-hetero) is 1. The fourth-order valence-corrected chi connectivity index (χ4v) is 1.73. The van der Waals surface area contributed by atoms with Crippen LogP contribution in [0.4, 0.5) is 0 Å². The van der Waals surface area contributed by atoms with E-state index in [1.165, 1.54) is 21.0 Å². The maximum atomic E-state index is 11.5. The molecule has 0 aromatic heterocycles. The summed E-state index contributed by atoms with van der Waals surface area (Å²) in [6, 6.07) is 0. The lowest BCUT2D eigenvalue weighted by Crippen LogP contribution is -2.54. The van der Waals surface area contributed by atoms with E-state index in [-0.39, 0.29) is 11.8 Å². The second kappa shape index (κ2) is 9.35. The van der Waals surface area contributed by atoms with Crippen molar-refractivity contribution in [3.63, 3.8) is 0 Å². The minimum atomic E-state index is -1.09. The third kappa shape index (κ3) is 7.87. The molecule has 0 rings (SSSR count). The van der Waals surface area contributed by atoms with E-state index in [9.17, 15) is 19.5 Å². The van der Waals surface area contributed by atoms with Gasteiger partial charge in [0.15, 0.2) is 17.0 Å². The molecule has 1 N–H and O–H groups in total. The first-order valence-corrected chi connectivity index (χ1v) is 9.26. The first-order chi connectivity index (χ1) is 12.0. The minimum absolute atomic E-state index is 0.197. The van der Waals surface area contributed by atoms with Crippen LogP contribution in [-0.4, -0.2) is 52.3 Å². The largest absolute Gasteiger partial charge is 0.459 e. The monoisotopic (exact) mass is 404 g/mol. The molecule has 7 nitrogen and oxygen atoms in total. The van der Waals surface area contributed by atoms with Crippen molar-refractivity contribution in [2.45, 2.75) is 105 Å². The smallest absolute Gasteiger partial charge is 0.338 e. The van der Waals surface area contributed by atoms with Crippen LogP contribution in [0.3, 0.4) is 0 Å². The average molecular weight is 405 g/mol. The van der Waals surface area contributed by atoms with Gasteiger partial charge in [0.25, 0.3) is 0 Å². The Hall–Kier alpha value is -1.47. The molecule has 0 unspecified atom stereocenters. The second-order valence-corrected chi connectivity index (χ2v) is 9.46. The van der Waals surface area contributed by atoms with Crippen molar-refractivity contribution in [3.8, 4) is 0 Å². The number of carbonyl (C=O) groups excluding carboxylic acids is 3. The van der Waals surface area contributed by atoms with Gasteiger partial charge in [-0.15, -0.1) is 0 Å². The number of rotatable bonds is 7. The molecule has 0 bridgehead atoms. The third-order valence-electron chi connectivity index (χ3n) is 5.63. The molecule has 0 amide bonds. The molecule has 0 saturated carbocycles. The van der Waals surface area contributed by atoms with E-state index in [0.29, 0.717) is 0 Å². The Morgan fingerprint density at radius 3 is 1.36 bits per heavy atom. The van der Waals surface area contributed by atoms with Gasteiger partial charge in [0.05, 0.1) is 5.60 Å². The Labute approximate surface area is 170 Å². The minimum Gasteiger partial charge on any atom is -0.459 e. The van der Waals surface area contributed by atoms with Crippen LogP contribution < -0.4 is 0 Å². The van der Waals surface area contributed by atoms with Gasteiger partial charge >= 0.3 is 11.9 Å². The maximum Gasteiger partial charge on any atom is 0.338 e. The lowest BCUT2D eigenvalue weighted by molar-refractivity contribution is -0.189. The van der Waals surface area contributed by atoms with E-state index in [4.69, 9.17) is 14.2 Å². The first-order valence-electron chi connectivity index (χ1n) is 9.26. The Bertz CT molecular complexity index is 564. The van der Waals surface area contributed by atoms with Gasteiger partial charge in [0, 0.05) is 19.4 Å². The Morgan fingerprint density at radius 2 is 1.11 bits per heavy atom. The van der Waals surface area contributed by atoms with Crippen molar-refractivity contribution in [2.75, 3.05) is 7.11 Å². The molecule has 0 fully saturated rings. The fourth-order valence-electron chi connectivity index (χ4n) is 1.73. The topological polar surface area (TPSA) is 99.1 Å². The zero-order chi connectivity index (χ0) is 23.4. The molecule has 0 spiro atoms. The molecule has 0 aromatic rings. The first kappa shape index (κ1) is 28.7. The predicted molar refractivity (Wildman–Crippen MR) is 108 cm³/mol. The van der Waals surface area contributed by atoms with Crippen molar-refractivity contribution >= 4 is 17.7 Å². The van der Waals surface area contributed by atoms with Crippen molar-refractivity contribution in [1.29, 1.82) is 0 Å². The zero-order valence-corrected chi connectivity index (χ0v) is 19.9. The molecule has 0 atom stereocenters. The van der Waals surface area contributed by atoms with E-state index >= 15 is 0 Å². The number of carbonyl (C=O) groups is 3. The molecule has 0 aliphatic rings. The highest BCUT2D eigenvalue weighted by Crippen LogP contribution is 2.42. The van der Waals surface area contributed by atoms with Crippen LogP contribution in [-0.2, 0) is 28.6 Å². The predicted octanol–water partition coefficient (Wildman–Crippen LogP) is 3.45. The van der Waals surface area contributed by atoms with Crippen LogP contribution in [0.5, 0.6) is 0 Å². The van der Waals surface area contributed by atoms with Crippen LogP contribution in [0.1, 0.15) is 83.1 Å². The summed E-state index contributed by atoms with van der Waals surface area (Å²) in [4.78, 5) is 33.5. The van der Waals surface area contributed by atoms with Crippen molar-refractivity contribution in [3.05, 3.63) is 0 Å². The maximum absolute atomic E-state index is 11.5. The molecule has 0 radical (unpaired) electrons. The number of methoxy groups -OCH3 is 1. The van der Waals surface area contributed by atoms with E-state index in [2.05, 4.69) is 0 Å². The molecule has 0 aliphatic heterocycles. The number of hydrogen-bond acceptors (Lipinski definition) is 7. The molecule has 0 heterocycles. The number of aliphatic hydroxyl groups is 1. The Balaban J connectivity index is 0. The van der Waals surface area contributed by atoms with Crippen LogP contribution in [0.15, 0.2) is 0 Å². The molecule has 7 heteroatoms. The van der Waals surface area contributed by atoms with Gasteiger partial charge in [-0.25, -0.2) is 4.79 Å². The molecule has 0 aromatic carbocycles. The van der Waals surface area contributed by atoms with Crippen LogP contribution in [0, 0.1) is 5.41 Å². The van der Waals surface area contributed by atoms with E-state index in [1.54, 1.807) is 41.5 Å². The van der Waals surface area contributed by atoms with Crippen LogP contribution in [0.2, 0.25) is 0 Å². The van der Waals surface area contributed by atoms with Gasteiger partial charge < -0.3 is 19.3 Å². The second-order valence-electron chi connectivity index (χ2n) is 9.46. The van der Waals surface area contributed by atoms with Crippen LogP contribution >= 0.6 is 0 Å². The summed E-state index contributed by atoms with van der Waals surface area (Å²) in [7, 11) is 1.42. The summed E-state index contributed by atoms with van der Waals surface area (Å²) >= 11 is 0. The van der Waals surface area contributed by atoms with Gasteiger partial charge in [0.2, 0.25) is 0 Å². The Kier molecular flexibility index (Phi) is 9.60. The summed E-state index contributed by atoms with van der Waals surface area (Å²) < 4.78 is 15.2. The van der Waals surface area contributed by atoms with Gasteiger partial charge in [-0.3, -0.25) is 9.59 Å². The number of ether oxygens (including phenoxy) is 3. The lowest BCUT2D eigenvalue weighted by atomic mass is 9.66. The number of esters is 2. The van der Waals surface area contributed by atoms with Gasteiger partial charge in [-0.1, -0.05) is 13.8 Å². The fraction of sp³-hybridized carbons (Fsp3) is 0.857. The molecular weight excluding hydrogens is 364 g/mol. The normalized spacial score (nSPS) is 13.2. The van der Waals surface area contributed by atoms with Crippen molar-refractivity contribution < 1.29 is 33.7 Å². The zero-order valence-electron chi connectivity index (χ0n) is 19.9. The quantitative estimate of drug-likeness (QED) is 0.649. The third-order valence-corrected chi connectivity index (χ3v) is 5.63. The lowest BCUT2D eigenvalue weighted by Gasteiger charge is -2.48. The summed E-state index contributed by atoms with van der Waals surface area (Å²) in [6.07, 6.45) is 0. The summed E-state index contributed by atoms with van der Waals surface area (Å²) in [5.41, 5.74) is -4.24. The Morgan fingerprint density at radius 1 is 0.714 bits per heavy atom. The van der Waals surface area contributed by atoms with Gasteiger partial charge in [-0.05, 0) is 62.3 Å². The van der Waals surface area contributed by atoms with Crippen molar-refractivity contribution in [1.82, 2.24) is 0 Å². The van der Waals surface area contributed by atoms with E-state index in [0.717, 1.165) is 0 Å². The van der Waals surface area contributed by atoms with Gasteiger partial charge in [0.1, 0.15) is 5.60 Å². The highest BCUT2D eigenvalue weighted by molar-refractivity contribution is 5.88. The summed E-state index contributed by atoms with van der Waals surface area (Å²) in [6.45, 7) is 19.9. The SMILES string of the molecule is CC(=O)OC(C)(C)C(C)(C)C(C)(C)O.COC(C)(C)C(=O)OC(C)(C)C(C)=O. The summed E-state index contributed by atoms with van der Waals surface area (Å²) in [5.74, 6) is -1.06.